The van der Waals surface area contributed by atoms with Crippen molar-refractivity contribution in [2.45, 2.75) is 11.4 Å². The molecule has 1 aliphatic rings. The number of ether oxygens (including phenoxy) is 2. The third-order valence-electron chi connectivity index (χ3n) is 4.95. The summed E-state index contributed by atoms with van der Waals surface area (Å²) >= 11 is 5.86. The second-order valence-electron chi connectivity index (χ2n) is 7.41. The van der Waals surface area contributed by atoms with Crippen LogP contribution in [0.25, 0.3) is 0 Å². The molecule has 0 bridgehead atoms. The summed E-state index contributed by atoms with van der Waals surface area (Å²) in [5.41, 5.74) is 3.85. The van der Waals surface area contributed by atoms with Crippen molar-refractivity contribution in [3.8, 4) is 11.5 Å². The summed E-state index contributed by atoms with van der Waals surface area (Å²) < 4.78 is 39.1. The van der Waals surface area contributed by atoms with Crippen LogP contribution in [0.4, 0.5) is 0 Å². The summed E-state index contributed by atoms with van der Waals surface area (Å²) in [6.45, 7) is 0.309. The first kappa shape index (κ1) is 23.7. The highest BCUT2D eigenvalue weighted by molar-refractivity contribution is 7.89. The summed E-state index contributed by atoms with van der Waals surface area (Å²) in [5.74, 6) is 0.250. The molecule has 34 heavy (non-hydrogen) atoms. The number of carbonyl (C=O) groups is 1. The van der Waals surface area contributed by atoms with Crippen LogP contribution in [0.15, 0.2) is 82.8 Å². The van der Waals surface area contributed by atoms with E-state index in [-0.39, 0.29) is 11.4 Å². The molecule has 0 aromatic heterocycles. The van der Waals surface area contributed by atoms with E-state index in [0.29, 0.717) is 29.7 Å². The van der Waals surface area contributed by atoms with Crippen LogP contribution in [0.1, 0.15) is 11.1 Å². The SMILES string of the molecule is O=C(CN(Cc1ccccc1)S(=O)(=O)c1ccc2c(c1)OCCO2)N/N=C\c1ccc(Cl)cc1. The molecule has 1 amide bonds. The molecule has 0 fully saturated rings. The molecule has 176 valence electrons. The fourth-order valence-corrected chi connectivity index (χ4v) is 4.80. The van der Waals surface area contributed by atoms with Gasteiger partial charge in [0.2, 0.25) is 10.0 Å². The minimum absolute atomic E-state index is 0.00477. The lowest BCUT2D eigenvalue weighted by Gasteiger charge is -2.23. The molecule has 8 nitrogen and oxygen atoms in total. The number of hydrazone groups is 1. The Hall–Kier alpha value is -3.40. The first-order chi connectivity index (χ1) is 16.4. The van der Waals surface area contributed by atoms with E-state index in [2.05, 4.69) is 10.5 Å². The van der Waals surface area contributed by atoms with E-state index >= 15 is 0 Å². The average Bonchev–Trinajstić information content (AvgIpc) is 2.85. The van der Waals surface area contributed by atoms with Crippen LogP contribution in [0.3, 0.4) is 0 Å². The smallest absolute Gasteiger partial charge is 0.255 e. The molecule has 0 spiro atoms. The molecule has 3 aromatic carbocycles. The van der Waals surface area contributed by atoms with Crippen molar-refractivity contribution in [3.05, 3.63) is 88.9 Å². The van der Waals surface area contributed by atoms with Crippen LogP contribution in [0.2, 0.25) is 5.02 Å². The number of amides is 1. The number of sulfonamides is 1. The van der Waals surface area contributed by atoms with Crippen LogP contribution in [0.5, 0.6) is 11.5 Å². The van der Waals surface area contributed by atoms with Crippen LogP contribution >= 0.6 is 11.6 Å². The summed E-state index contributed by atoms with van der Waals surface area (Å²) in [4.78, 5) is 12.6. The van der Waals surface area contributed by atoms with Crippen molar-refractivity contribution in [2.75, 3.05) is 19.8 Å². The second kappa shape index (κ2) is 10.7. The molecule has 3 aromatic rings. The summed E-state index contributed by atoms with van der Waals surface area (Å²) in [5, 5.41) is 4.50. The largest absolute Gasteiger partial charge is 0.486 e. The van der Waals surface area contributed by atoms with Gasteiger partial charge >= 0.3 is 0 Å². The lowest BCUT2D eigenvalue weighted by molar-refractivity contribution is -0.121. The van der Waals surface area contributed by atoms with Gasteiger partial charge in [-0.1, -0.05) is 54.1 Å². The number of halogens is 1. The van der Waals surface area contributed by atoms with Gasteiger partial charge in [-0.15, -0.1) is 0 Å². The molecule has 1 heterocycles. The predicted molar refractivity (Wildman–Crippen MR) is 129 cm³/mol. The molecule has 0 atom stereocenters. The molecule has 4 rings (SSSR count). The number of rotatable bonds is 8. The minimum atomic E-state index is -4.04. The Morgan fingerprint density at radius 2 is 1.71 bits per heavy atom. The monoisotopic (exact) mass is 499 g/mol. The third kappa shape index (κ3) is 5.93. The number of nitrogens with zero attached hydrogens (tertiary/aromatic N) is 2. The zero-order valence-corrected chi connectivity index (χ0v) is 19.6. The molecule has 0 aliphatic carbocycles. The Labute approximate surface area is 202 Å². The molecule has 0 radical (unpaired) electrons. The van der Waals surface area contributed by atoms with Gasteiger partial charge in [-0.3, -0.25) is 4.79 Å². The van der Waals surface area contributed by atoms with Gasteiger partial charge < -0.3 is 9.47 Å². The van der Waals surface area contributed by atoms with Gasteiger partial charge in [-0.05, 0) is 35.4 Å². The van der Waals surface area contributed by atoms with E-state index < -0.39 is 22.5 Å². The molecule has 0 saturated carbocycles. The first-order valence-electron chi connectivity index (χ1n) is 10.4. The fourth-order valence-electron chi connectivity index (χ4n) is 3.27. The highest BCUT2D eigenvalue weighted by Gasteiger charge is 2.28. The molecular weight excluding hydrogens is 478 g/mol. The van der Waals surface area contributed by atoms with Crippen molar-refractivity contribution >= 4 is 33.7 Å². The highest BCUT2D eigenvalue weighted by Crippen LogP contribution is 2.33. The number of nitrogens with one attached hydrogen (secondary N) is 1. The van der Waals surface area contributed by atoms with Crippen molar-refractivity contribution in [3.63, 3.8) is 0 Å². The Balaban J connectivity index is 1.53. The Bertz CT molecular complexity index is 1280. The Kier molecular flexibility index (Phi) is 7.46. The maximum absolute atomic E-state index is 13.5. The van der Waals surface area contributed by atoms with Gasteiger partial charge in [-0.2, -0.15) is 9.41 Å². The van der Waals surface area contributed by atoms with Gasteiger partial charge in [0.25, 0.3) is 5.91 Å². The number of fused-ring (bicyclic) bond motifs is 1. The molecular formula is C24H22ClN3O5S. The number of benzene rings is 3. The van der Waals surface area contributed by atoms with E-state index in [1.807, 2.05) is 6.07 Å². The van der Waals surface area contributed by atoms with Gasteiger partial charge in [0, 0.05) is 17.6 Å². The normalized spacial score (nSPS) is 13.2. The lowest BCUT2D eigenvalue weighted by atomic mass is 10.2. The van der Waals surface area contributed by atoms with Crippen molar-refractivity contribution in [1.82, 2.24) is 9.73 Å². The topological polar surface area (TPSA) is 97.3 Å². The maximum Gasteiger partial charge on any atom is 0.255 e. The maximum atomic E-state index is 13.5. The van der Waals surface area contributed by atoms with E-state index in [1.54, 1.807) is 54.6 Å². The molecule has 1 N–H and O–H groups in total. The molecule has 0 saturated heterocycles. The molecule has 0 unspecified atom stereocenters. The zero-order chi connectivity index (χ0) is 24.0. The first-order valence-corrected chi connectivity index (χ1v) is 12.2. The number of carbonyl (C=O) groups excluding carboxylic acids is 1. The number of hydrogen-bond donors (Lipinski definition) is 1. The minimum Gasteiger partial charge on any atom is -0.486 e. The molecule has 1 aliphatic heterocycles. The predicted octanol–water partition coefficient (Wildman–Crippen LogP) is 3.45. The van der Waals surface area contributed by atoms with E-state index in [4.69, 9.17) is 21.1 Å². The average molecular weight is 500 g/mol. The summed E-state index contributed by atoms with van der Waals surface area (Å²) in [6.07, 6.45) is 1.45. The Morgan fingerprint density at radius 1 is 1.00 bits per heavy atom. The fraction of sp³-hybridized carbons (Fsp3) is 0.167. The Morgan fingerprint density at radius 3 is 2.44 bits per heavy atom. The van der Waals surface area contributed by atoms with Crippen molar-refractivity contribution in [2.24, 2.45) is 5.10 Å². The van der Waals surface area contributed by atoms with Gasteiger partial charge in [0.1, 0.15) is 13.2 Å². The zero-order valence-electron chi connectivity index (χ0n) is 18.1. The van der Waals surface area contributed by atoms with Crippen LogP contribution in [-0.2, 0) is 21.4 Å². The van der Waals surface area contributed by atoms with Gasteiger partial charge in [-0.25, -0.2) is 13.8 Å². The summed E-state index contributed by atoms with van der Waals surface area (Å²) in [7, 11) is -4.04. The van der Waals surface area contributed by atoms with Crippen LogP contribution in [-0.4, -0.2) is 44.6 Å². The third-order valence-corrected chi connectivity index (χ3v) is 6.99. The van der Waals surface area contributed by atoms with Crippen molar-refractivity contribution < 1.29 is 22.7 Å². The van der Waals surface area contributed by atoms with Crippen LogP contribution in [0, 0.1) is 0 Å². The van der Waals surface area contributed by atoms with Crippen LogP contribution < -0.4 is 14.9 Å². The number of hydrogen-bond acceptors (Lipinski definition) is 6. The quantitative estimate of drug-likeness (QED) is 0.378. The molecule has 10 heteroatoms. The standard InChI is InChI=1S/C24H22ClN3O5S/c25-20-8-6-18(7-9-20)15-26-27-24(29)17-28(16-19-4-2-1-3-5-19)34(30,31)21-10-11-22-23(14-21)33-13-12-32-22/h1-11,14-15H,12-13,16-17H2,(H,27,29)/b26-15-. The van der Waals surface area contributed by atoms with Crippen molar-refractivity contribution in [1.29, 1.82) is 0 Å². The second-order valence-corrected chi connectivity index (χ2v) is 9.78. The highest BCUT2D eigenvalue weighted by atomic mass is 35.5. The van der Waals surface area contributed by atoms with E-state index in [1.165, 1.54) is 18.3 Å². The van der Waals surface area contributed by atoms with E-state index in [0.717, 1.165) is 15.4 Å². The van der Waals surface area contributed by atoms with E-state index in [9.17, 15) is 13.2 Å². The summed E-state index contributed by atoms with van der Waals surface area (Å²) in [6, 6.07) is 20.3. The van der Waals surface area contributed by atoms with Gasteiger partial charge in [0.05, 0.1) is 17.7 Å². The van der Waals surface area contributed by atoms with Gasteiger partial charge in [0.15, 0.2) is 11.5 Å². The lowest BCUT2D eigenvalue weighted by Crippen LogP contribution is -2.39.